The van der Waals surface area contributed by atoms with Crippen molar-refractivity contribution in [3.8, 4) is 11.4 Å². The molecule has 0 radical (unpaired) electrons. The number of nitrogens with one attached hydrogen (secondary N) is 1. The van der Waals surface area contributed by atoms with E-state index < -0.39 is 0 Å². The first-order valence-corrected chi connectivity index (χ1v) is 11.0. The third-order valence-corrected chi connectivity index (χ3v) is 5.51. The monoisotopic (exact) mass is 454 g/mol. The van der Waals surface area contributed by atoms with Crippen molar-refractivity contribution >= 4 is 18.1 Å². The normalized spacial score (nSPS) is 11.0. The number of hydrazone groups is 1. The zero-order chi connectivity index (χ0) is 24.1. The van der Waals surface area contributed by atoms with Crippen molar-refractivity contribution < 1.29 is 14.3 Å². The zero-order valence-electron chi connectivity index (χ0n) is 19.4. The van der Waals surface area contributed by atoms with Crippen LogP contribution in [-0.2, 0) is 4.74 Å². The molecule has 7 nitrogen and oxygen atoms in total. The van der Waals surface area contributed by atoms with Gasteiger partial charge in [0.1, 0.15) is 0 Å². The van der Waals surface area contributed by atoms with E-state index in [4.69, 9.17) is 4.74 Å². The van der Waals surface area contributed by atoms with E-state index in [0.717, 1.165) is 28.3 Å². The molecule has 0 spiro atoms. The maximum absolute atomic E-state index is 12.8. The number of hydrogen-bond acceptors (Lipinski definition) is 4. The van der Waals surface area contributed by atoms with Gasteiger partial charge in [-0.25, -0.2) is 10.2 Å². The van der Waals surface area contributed by atoms with Gasteiger partial charge < -0.3 is 13.9 Å². The van der Waals surface area contributed by atoms with E-state index in [1.165, 1.54) is 0 Å². The van der Waals surface area contributed by atoms with E-state index in [2.05, 4.69) is 15.1 Å². The highest BCUT2D eigenvalue weighted by Gasteiger charge is 2.13. The lowest BCUT2D eigenvalue weighted by Gasteiger charge is -2.10. The Morgan fingerprint density at radius 3 is 2.41 bits per heavy atom. The van der Waals surface area contributed by atoms with E-state index in [-0.39, 0.29) is 11.9 Å². The summed E-state index contributed by atoms with van der Waals surface area (Å²) in [4.78, 5) is 24.7. The molecule has 0 aliphatic rings. The maximum Gasteiger partial charge on any atom is 0.338 e. The Labute approximate surface area is 198 Å². The van der Waals surface area contributed by atoms with Crippen LogP contribution < -0.4 is 5.43 Å². The van der Waals surface area contributed by atoms with Gasteiger partial charge in [-0.3, -0.25) is 4.79 Å². The van der Waals surface area contributed by atoms with E-state index in [0.29, 0.717) is 17.7 Å². The van der Waals surface area contributed by atoms with Crippen LogP contribution in [0.25, 0.3) is 11.4 Å². The second kappa shape index (κ2) is 10.0. The molecule has 34 heavy (non-hydrogen) atoms. The fraction of sp³-hybridized carbons (Fsp3) is 0.148. The van der Waals surface area contributed by atoms with Crippen molar-refractivity contribution in [1.82, 2.24) is 14.6 Å². The van der Waals surface area contributed by atoms with Gasteiger partial charge in [-0.05, 0) is 75.4 Å². The number of carbonyl (C=O) groups excluding carboxylic acids is 2. The Morgan fingerprint density at radius 2 is 1.71 bits per heavy atom. The average Bonchev–Trinajstić information content (AvgIpc) is 3.47. The fourth-order valence-electron chi connectivity index (χ4n) is 3.88. The molecule has 4 aromatic rings. The van der Waals surface area contributed by atoms with Crippen LogP contribution in [0.3, 0.4) is 0 Å². The largest absolute Gasteiger partial charge is 0.462 e. The van der Waals surface area contributed by atoms with Gasteiger partial charge in [-0.1, -0.05) is 12.1 Å². The Kier molecular flexibility index (Phi) is 6.73. The summed E-state index contributed by atoms with van der Waals surface area (Å²) < 4.78 is 9.01. The number of hydrogen-bond donors (Lipinski definition) is 1. The summed E-state index contributed by atoms with van der Waals surface area (Å²) in [6.45, 7) is 6.10. The minimum absolute atomic E-state index is 0.288. The van der Waals surface area contributed by atoms with Crippen LogP contribution in [0.5, 0.6) is 0 Å². The number of ether oxygens (including phenoxy) is 1. The number of para-hydroxylation sites is 1. The SMILES string of the molecule is CCOC(=O)c1ccc(-n2c(C)cc(/C=N\NC(=O)c3ccccc3-n3cccc3)c2C)cc1. The molecule has 2 aromatic heterocycles. The number of aryl methyl sites for hydroxylation is 1. The lowest BCUT2D eigenvalue weighted by atomic mass is 10.1. The third-order valence-electron chi connectivity index (χ3n) is 5.51. The predicted molar refractivity (Wildman–Crippen MR) is 132 cm³/mol. The highest BCUT2D eigenvalue weighted by molar-refractivity contribution is 5.98. The van der Waals surface area contributed by atoms with Gasteiger partial charge in [0.2, 0.25) is 0 Å². The minimum Gasteiger partial charge on any atom is -0.462 e. The average molecular weight is 455 g/mol. The summed E-state index contributed by atoms with van der Waals surface area (Å²) in [5, 5.41) is 4.20. The van der Waals surface area contributed by atoms with Crippen LogP contribution in [-0.4, -0.2) is 33.8 Å². The number of rotatable bonds is 7. The molecule has 0 unspecified atom stereocenters. The van der Waals surface area contributed by atoms with Gasteiger partial charge in [0.15, 0.2) is 0 Å². The van der Waals surface area contributed by atoms with Crippen LogP contribution in [0.15, 0.2) is 84.2 Å². The molecule has 0 saturated carbocycles. The summed E-state index contributed by atoms with van der Waals surface area (Å²) in [5.41, 5.74) is 8.23. The molecule has 1 amide bonds. The second-order valence-corrected chi connectivity index (χ2v) is 7.74. The molecular formula is C27H26N4O3. The number of benzene rings is 2. The standard InChI is InChI=1S/C27H26N4O3/c1-4-34-27(33)21-11-13-23(14-12-21)31-19(2)17-22(20(31)3)18-28-29-26(32)24-9-5-6-10-25(24)30-15-7-8-16-30/h5-18H,4H2,1-3H3,(H,29,32)/b28-18-. The summed E-state index contributed by atoms with van der Waals surface area (Å²) >= 11 is 0. The molecule has 4 rings (SSSR count). The summed E-state index contributed by atoms with van der Waals surface area (Å²) in [5.74, 6) is -0.624. The van der Waals surface area contributed by atoms with E-state index in [9.17, 15) is 9.59 Å². The van der Waals surface area contributed by atoms with Crippen LogP contribution in [0.1, 0.15) is 44.6 Å². The first-order chi connectivity index (χ1) is 16.5. The molecule has 1 N–H and O–H groups in total. The third kappa shape index (κ3) is 4.68. The summed E-state index contributed by atoms with van der Waals surface area (Å²) in [7, 11) is 0. The lowest BCUT2D eigenvalue weighted by molar-refractivity contribution is 0.0526. The Bertz CT molecular complexity index is 1330. The van der Waals surface area contributed by atoms with Gasteiger partial charge in [-0.2, -0.15) is 5.10 Å². The highest BCUT2D eigenvalue weighted by Crippen LogP contribution is 2.21. The van der Waals surface area contributed by atoms with Gasteiger partial charge in [-0.15, -0.1) is 0 Å². The first kappa shape index (κ1) is 22.8. The molecule has 0 saturated heterocycles. The van der Waals surface area contributed by atoms with Gasteiger partial charge in [0.25, 0.3) is 5.91 Å². The van der Waals surface area contributed by atoms with Gasteiger partial charge in [0, 0.05) is 35.0 Å². The van der Waals surface area contributed by atoms with Crippen molar-refractivity contribution in [3.63, 3.8) is 0 Å². The van der Waals surface area contributed by atoms with Crippen molar-refractivity contribution in [2.75, 3.05) is 6.61 Å². The molecule has 7 heteroatoms. The quantitative estimate of drug-likeness (QED) is 0.247. The van der Waals surface area contributed by atoms with Gasteiger partial charge >= 0.3 is 5.97 Å². The molecule has 2 heterocycles. The van der Waals surface area contributed by atoms with Crippen molar-refractivity contribution in [2.24, 2.45) is 5.10 Å². The van der Waals surface area contributed by atoms with Crippen LogP contribution >= 0.6 is 0 Å². The Hall–Kier alpha value is -4.39. The molecule has 0 bridgehead atoms. The van der Waals surface area contributed by atoms with Crippen molar-refractivity contribution in [2.45, 2.75) is 20.8 Å². The lowest BCUT2D eigenvalue weighted by Crippen LogP contribution is -2.19. The van der Waals surface area contributed by atoms with E-state index >= 15 is 0 Å². The minimum atomic E-state index is -0.336. The topological polar surface area (TPSA) is 77.6 Å². The number of aromatic nitrogens is 2. The predicted octanol–water partition coefficient (Wildman–Crippen LogP) is 4.83. The summed E-state index contributed by atoms with van der Waals surface area (Å²) in [6, 6.07) is 20.5. The highest BCUT2D eigenvalue weighted by atomic mass is 16.5. The van der Waals surface area contributed by atoms with Crippen LogP contribution in [0.4, 0.5) is 0 Å². The zero-order valence-corrected chi connectivity index (χ0v) is 19.4. The van der Waals surface area contributed by atoms with E-state index in [1.807, 2.05) is 79.3 Å². The number of carbonyl (C=O) groups is 2. The molecular weight excluding hydrogens is 428 g/mol. The smallest absolute Gasteiger partial charge is 0.338 e. The van der Waals surface area contributed by atoms with Crippen LogP contribution in [0, 0.1) is 13.8 Å². The molecule has 172 valence electrons. The Morgan fingerprint density at radius 1 is 1.00 bits per heavy atom. The maximum atomic E-state index is 12.8. The second-order valence-electron chi connectivity index (χ2n) is 7.74. The molecule has 0 aliphatic heterocycles. The number of esters is 1. The number of amides is 1. The fourth-order valence-corrected chi connectivity index (χ4v) is 3.88. The molecule has 0 fully saturated rings. The summed E-state index contributed by atoms with van der Waals surface area (Å²) in [6.07, 6.45) is 5.43. The number of nitrogens with zero attached hydrogens (tertiary/aromatic N) is 3. The Balaban J connectivity index is 1.51. The first-order valence-electron chi connectivity index (χ1n) is 11.0. The van der Waals surface area contributed by atoms with Crippen LogP contribution in [0.2, 0.25) is 0 Å². The van der Waals surface area contributed by atoms with E-state index in [1.54, 1.807) is 31.3 Å². The van der Waals surface area contributed by atoms with Gasteiger partial charge in [0.05, 0.1) is 29.6 Å². The van der Waals surface area contributed by atoms with Crippen molar-refractivity contribution in [3.05, 3.63) is 107 Å². The molecule has 0 atom stereocenters. The molecule has 2 aromatic carbocycles. The molecule has 0 aliphatic carbocycles. The van der Waals surface area contributed by atoms with Crippen molar-refractivity contribution in [1.29, 1.82) is 0 Å².